The number of rotatable bonds is 7. The molecular formula is C24H29N3O4. The lowest BCUT2D eigenvalue weighted by Crippen LogP contribution is -2.35. The van der Waals surface area contributed by atoms with Gasteiger partial charge in [-0.3, -0.25) is 9.59 Å². The van der Waals surface area contributed by atoms with Gasteiger partial charge in [0, 0.05) is 38.4 Å². The van der Waals surface area contributed by atoms with Crippen molar-refractivity contribution in [1.82, 2.24) is 9.80 Å². The summed E-state index contributed by atoms with van der Waals surface area (Å²) < 4.78 is 5.17. The molecule has 1 saturated heterocycles. The van der Waals surface area contributed by atoms with Gasteiger partial charge in [0.2, 0.25) is 0 Å². The molecule has 31 heavy (non-hydrogen) atoms. The number of anilines is 1. The normalized spacial score (nSPS) is 18.0. The van der Waals surface area contributed by atoms with Crippen LogP contribution in [0, 0.1) is 0 Å². The van der Waals surface area contributed by atoms with Crippen LogP contribution in [0.5, 0.6) is 5.75 Å². The zero-order chi connectivity index (χ0) is 22.7. The van der Waals surface area contributed by atoms with Gasteiger partial charge in [0.05, 0.1) is 18.7 Å². The number of ether oxygens (including phenoxy) is 1. The van der Waals surface area contributed by atoms with Crippen LogP contribution >= 0.6 is 0 Å². The molecule has 1 fully saturated rings. The number of benzene rings is 2. The quantitative estimate of drug-likeness (QED) is 0.419. The zero-order valence-electron chi connectivity index (χ0n) is 18.6. The van der Waals surface area contributed by atoms with E-state index in [1.54, 1.807) is 36.3 Å². The van der Waals surface area contributed by atoms with E-state index in [9.17, 15) is 14.7 Å². The monoisotopic (exact) mass is 423 g/mol. The molecule has 0 bridgehead atoms. The number of hydrogen-bond acceptors (Lipinski definition) is 6. The van der Waals surface area contributed by atoms with Crippen molar-refractivity contribution in [2.75, 3.05) is 53.3 Å². The third kappa shape index (κ3) is 4.56. The van der Waals surface area contributed by atoms with Gasteiger partial charge in [-0.05, 0) is 56.1 Å². The molecule has 1 unspecified atom stereocenters. The average molecular weight is 424 g/mol. The molecule has 1 heterocycles. The van der Waals surface area contributed by atoms with Crippen LogP contribution in [0.4, 0.5) is 5.69 Å². The molecule has 1 atom stereocenters. The van der Waals surface area contributed by atoms with Gasteiger partial charge >= 0.3 is 0 Å². The van der Waals surface area contributed by atoms with E-state index in [0.29, 0.717) is 24.4 Å². The van der Waals surface area contributed by atoms with Crippen molar-refractivity contribution in [3.63, 3.8) is 0 Å². The fourth-order valence-electron chi connectivity index (χ4n) is 3.62. The molecule has 0 radical (unpaired) electrons. The number of Topliss-reactive ketones (excluding diaryl/α,β-unsaturated/α-hetero) is 1. The van der Waals surface area contributed by atoms with E-state index in [4.69, 9.17) is 4.74 Å². The van der Waals surface area contributed by atoms with Crippen LogP contribution in [0.3, 0.4) is 0 Å². The Balaban J connectivity index is 2.11. The Morgan fingerprint density at radius 1 is 1.00 bits per heavy atom. The highest BCUT2D eigenvalue weighted by atomic mass is 16.5. The SMILES string of the molecule is COc1ccc(C(O)=C2C(=O)C(=O)N(CCN(C)C)C2c2ccc(N(C)C)cc2)cc1. The Bertz CT molecular complexity index is 979. The molecule has 1 aliphatic rings. The van der Waals surface area contributed by atoms with E-state index in [1.807, 2.05) is 62.3 Å². The highest BCUT2D eigenvalue weighted by molar-refractivity contribution is 6.46. The van der Waals surface area contributed by atoms with Gasteiger partial charge in [-0.25, -0.2) is 0 Å². The molecule has 0 aliphatic carbocycles. The van der Waals surface area contributed by atoms with Crippen LogP contribution in [0.15, 0.2) is 54.1 Å². The first kappa shape index (κ1) is 22.4. The highest BCUT2D eigenvalue weighted by Crippen LogP contribution is 2.39. The molecule has 0 spiro atoms. The predicted octanol–water partition coefficient (Wildman–Crippen LogP) is 2.74. The lowest BCUT2D eigenvalue weighted by atomic mass is 9.95. The van der Waals surface area contributed by atoms with Crippen molar-refractivity contribution in [2.24, 2.45) is 0 Å². The number of aliphatic hydroxyl groups is 1. The number of likely N-dealkylation sites (tertiary alicyclic amines) is 1. The lowest BCUT2D eigenvalue weighted by Gasteiger charge is -2.27. The van der Waals surface area contributed by atoms with Crippen LogP contribution in [0.1, 0.15) is 17.2 Å². The number of carbonyl (C=O) groups is 2. The number of aliphatic hydroxyl groups excluding tert-OH is 1. The molecule has 7 nitrogen and oxygen atoms in total. The van der Waals surface area contributed by atoms with Gasteiger partial charge in [0.1, 0.15) is 11.5 Å². The Hall–Kier alpha value is -3.32. The molecule has 1 N–H and O–H groups in total. The number of nitrogens with zero attached hydrogens (tertiary/aromatic N) is 3. The molecule has 3 rings (SSSR count). The van der Waals surface area contributed by atoms with Crippen molar-refractivity contribution in [3.05, 3.63) is 65.2 Å². The van der Waals surface area contributed by atoms with Crippen LogP contribution in [-0.2, 0) is 9.59 Å². The molecule has 0 aromatic heterocycles. The van der Waals surface area contributed by atoms with E-state index < -0.39 is 17.7 Å². The van der Waals surface area contributed by atoms with Gasteiger partial charge in [0.15, 0.2) is 0 Å². The number of hydrogen-bond donors (Lipinski definition) is 1. The van der Waals surface area contributed by atoms with Crippen molar-refractivity contribution in [1.29, 1.82) is 0 Å². The Morgan fingerprint density at radius 2 is 1.61 bits per heavy atom. The molecule has 2 aromatic rings. The zero-order valence-corrected chi connectivity index (χ0v) is 18.6. The standard InChI is InChI=1S/C24H29N3O4/c1-25(2)14-15-27-21(16-6-10-18(11-7-16)26(3)4)20(23(29)24(27)30)22(28)17-8-12-19(31-5)13-9-17/h6-13,21,28H,14-15H2,1-5H3. The summed E-state index contributed by atoms with van der Waals surface area (Å²) in [5.41, 5.74) is 2.34. The maximum Gasteiger partial charge on any atom is 0.295 e. The summed E-state index contributed by atoms with van der Waals surface area (Å²) in [7, 11) is 9.27. The summed E-state index contributed by atoms with van der Waals surface area (Å²) in [5, 5.41) is 11.1. The maximum absolute atomic E-state index is 13.0. The van der Waals surface area contributed by atoms with Gasteiger partial charge < -0.3 is 24.5 Å². The summed E-state index contributed by atoms with van der Waals surface area (Å²) in [6.07, 6.45) is 0. The summed E-state index contributed by atoms with van der Waals surface area (Å²) >= 11 is 0. The topological polar surface area (TPSA) is 73.3 Å². The highest BCUT2D eigenvalue weighted by Gasteiger charge is 2.45. The summed E-state index contributed by atoms with van der Waals surface area (Å²) in [6.45, 7) is 0.971. The molecular weight excluding hydrogens is 394 g/mol. The van der Waals surface area contributed by atoms with Gasteiger partial charge in [-0.2, -0.15) is 0 Å². The third-order valence-electron chi connectivity index (χ3n) is 5.42. The summed E-state index contributed by atoms with van der Waals surface area (Å²) in [4.78, 5) is 31.4. The summed E-state index contributed by atoms with van der Waals surface area (Å²) in [5.74, 6) is -0.818. The molecule has 164 valence electrons. The number of ketones is 1. The summed E-state index contributed by atoms with van der Waals surface area (Å²) in [6, 6.07) is 13.8. The Morgan fingerprint density at radius 3 is 2.13 bits per heavy atom. The van der Waals surface area contributed by atoms with Gasteiger partial charge in [0.25, 0.3) is 11.7 Å². The molecule has 2 aromatic carbocycles. The van der Waals surface area contributed by atoms with E-state index in [0.717, 1.165) is 11.3 Å². The minimum Gasteiger partial charge on any atom is -0.507 e. The number of likely N-dealkylation sites (N-methyl/N-ethyl adjacent to an activating group) is 1. The van der Waals surface area contributed by atoms with Gasteiger partial charge in [-0.1, -0.05) is 12.1 Å². The molecule has 7 heteroatoms. The fourth-order valence-corrected chi connectivity index (χ4v) is 3.62. The Labute approximate surface area is 183 Å². The van der Waals surface area contributed by atoms with Crippen molar-refractivity contribution >= 4 is 23.1 Å². The van der Waals surface area contributed by atoms with Gasteiger partial charge in [-0.15, -0.1) is 0 Å². The second kappa shape index (κ2) is 9.22. The minimum absolute atomic E-state index is 0.103. The first-order valence-electron chi connectivity index (χ1n) is 10.1. The van der Waals surface area contributed by atoms with E-state index in [2.05, 4.69) is 0 Å². The van der Waals surface area contributed by atoms with Crippen LogP contribution in [-0.4, -0.2) is 75.0 Å². The maximum atomic E-state index is 13.0. The predicted molar refractivity (Wildman–Crippen MR) is 121 cm³/mol. The van der Waals surface area contributed by atoms with Crippen molar-refractivity contribution in [2.45, 2.75) is 6.04 Å². The average Bonchev–Trinajstić information content (AvgIpc) is 3.02. The fraction of sp³-hybridized carbons (Fsp3) is 0.333. The largest absolute Gasteiger partial charge is 0.507 e. The first-order valence-corrected chi connectivity index (χ1v) is 10.1. The van der Waals surface area contributed by atoms with E-state index in [-0.39, 0.29) is 11.3 Å². The van der Waals surface area contributed by atoms with E-state index >= 15 is 0 Å². The smallest absolute Gasteiger partial charge is 0.295 e. The first-order chi connectivity index (χ1) is 14.7. The minimum atomic E-state index is -0.672. The second-order valence-corrected chi connectivity index (χ2v) is 8.01. The Kier molecular flexibility index (Phi) is 6.65. The lowest BCUT2D eigenvalue weighted by molar-refractivity contribution is -0.140. The number of methoxy groups -OCH3 is 1. The number of amides is 1. The van der Waals surface area contributed by atoms with Crippen LogP contribution in [0.2, 0.25) is 0 Å². The van der Waals surface area contributed by atoms with Crippen molar-refractivity contribution in [3.8, 4) is 5.75 Å². The molecule has 0 saturated carbocycles. The van der Waals surface area contributed by atoms with Crippen LogP contribution < -0.4 is 9.64 Å². The van der Waals surface area contributed by atoms with Crippen molar-refractivity contribution < 1.29 is 19.4 Å². The third-order valence-corrected chi connectivity index (χ3v) is 5.42. The second-order valence-electron chi connectivity index (χ2n) is 8.01. The van der Waals surface area contributed by atoms with Crippen LogP contribution in [0.25, 0.3) is 5.76 Å². The van der Waals surface area contributed by atoms with E-state index in [1.165, 1.54) is 0 Å². The number of carbonyl (C=O) groups excluding carboxylic acids is 2. The molecule has 1 aliphatic heterocycles. The molecule has 1 amide bonds.